The molecule has 15 heavy (non-hydrogen) atoms. The van der Waals surface area contributed by atoms with Gasteiger partial charge < -0.3 is 4.90 Å². The zero-order chi connectivity index (χ0) is 11.0. The lowest BCUT2D eigenvalue weighted by atomic mass is 10.2. The van der Waals surface area contributed by atoms with Crippen LogP contribution in [0, 0.1) is 6.92 Å². The molecule has 0 fully saturated rings. The van der Waals surface area contributed by atoms with Crippen molar-refractivity contribution in [2.24, 2.45) is 0 Å². The van der Waals surface area contributed by atoms with Crippen LogP contribution in [0.1, 0.15) is 5.56 Å². The van der Waals surface area contributed by atoms with Crippen LogP contribution in [0.15, 0.2) is 23.4 Å². The summed E-state index contributed by atoms with van der Waals surface area (Å²) in [6.07, 6.45) is 4.07. The molecule has 0 aliphatic carbocycles. The fraction of sp³-hybridized carbons (Fsp3) is 0.364. The van der Waals surface area contributed by atoms with Crippen LogP contribution in [0.4, 0.5) is 5.69 Å². The SMILES string of the molecule is CSc1nn2ccc(N(C)C)cc2c1C. The van der Waals surface area contributed by atoms with Gasteiger partial charge in [-0.05, 0) is 25.3 Å². The van der Waals surface area contributed by atoms with Gasteiger partial charge in [0.2, 0.25) is 0 Å². The number of hydrogen-bond acceptors (Lipinski definition) is 3. The lowest BCUT2D eigenvalue weighted by Crippen LogP contribution is -2.08. The third-order valence-electron chi connectivity index (χ3n) is 2.53. The van der Waals surface area contributed by atoms with Crippen molar-refractivity contribution in [1.29, 1.82) is 0 Å². The normalized spacial score (nSPS) is 10.9. The third-order valence-corrected chi connectivity index (χ3v) is 3.31. The van der Waals surface area contributed by atoms with E-state index in [0.717, 1.165) is 5.03 Å². The smallest absolute Gasteiger partial charge is 0.122 e. The highest BCUT2D eigenvalue weighted by atomic mass is 32.2. The average molecular weight is 221 g/mol. The van der Waals surface area contributed by atoms with E-state index in [4.69, 9.17) is 0 Å². The van der Waals surface area contributed by atoms with Gasteiger partial charge in [0.15, 0.2) is 0 Å². The first-order valence-corrected chi connectivity index (χ1v) is 6.06. The molecule has 0 aliphatic heterocycles. The van der Waals surface area contributed by atoms with Crippen molar-refractivity contribution < 1.29 is 0 Å². The number of hydrogen-bond donors (Lipinski definition) is 0. The third kappa shape index (κ3) is 1.69. The van der Waals surface area contributed by atoms with Crippen LogP contribution in [0.25, 0.3) is 5.52 Å². The van der Waals surface area contributed by atoms with Crippen LogP contribution >= 0.6 is 11.8 Å². The van der Waals surface area contributed by atoms with Crippen molar-refractivity contribution >= 4 is 23.0 Å². The predicted octanol–water partition coefficient (Wildman–Crippen LogP) is 2.43. The Balaban J connectivity index is 2.65. The summed E-state index contributed by atoms with van der Waals surface area (Å²) in [4.78, 5) is 2.10. The van der Waals surface area contributed by atoms with Gasteiger partial charge in [-0.1, -0.05) is 0 Å². The van der Waals surface area contributed by atoms with Crippen LogP contribution < -0.4 is 4.90 Å². The first-order valence-electron chi connectivity index (χ1n) is 4.84. The van der Waals surface area contributed by atoms with E-state index in [0.29, 0.717) is 0 Å². The summed E-state index contributed by atoms with van der Waals surface area (Å²) in [5.74, 6) is 0. The van der Waals surface area contributed by atoms with E-state index < -0.39 is 0 Å². The summed E-state index contributed by atoms with van der Waals surface area (Å²) in [5, 5.41) is 5.59. The summed E-state index contributed by atoms with van der Waals surface area (Å²) in [5.41, 5.74) is 3.65. The predicted molar refractivity (Wildman–Crippen MR) is 66.0 cm³/mol. The van der Waals surface area contributed by atoms with Gasteiger partial charge in [0.1, 0.15) is 5.03 Å². The topological polar surface area (TPSA) is 20.5 Å². The molecule has 3 nitrogen and oxygen atoms in total. The molecular weight excluding hydrogens is 206 g/mol. The van der Waals surface area contributed by atoms with Gasteiger partial charge >= 0.3 is 0 Å². The van der Waals surface area contributed by atoms with Gasteiger partial charge in [0.25, 0.3) is 0 Å². The fourth-order valence-corrected chi connectivity index (χ4v) is 2.18. The summed E-state index contributed by atoms with van der Waals surface area (Å²) in [6, 6.07) is 4.24. The van der Waals surface area contributed by atoms with Gasteiger partial charge in [0, 0.05) is 31.5 Å². The molecular formula is C11H15N3S. The molecule has 0 spiro atoms. The molecule has 2 aromatic heterocycles. The summed E-state index contributed by atoms with van der Waals surface area (Å²) >= 11 is 1.69. The quantitative estimate of drug-likeness (QED) is 0.727. The number of thioether (sulfide) groups is 1. The first-order chi connectivity index (χ1) is 7.13. The zero-order valence-corrected chi connectivity index (χ0v) is 10.3. The monoisotopic (exact) mass is 221 g/mol. The highest BCUT2D eigenvalue weighted by molar-refractivity contribution is 7.98. The van der Waals surface area contributed by atoms with Crippen molar-refractivity contribution in [3.8, 4) is 0 Å². The van der Waals surface area contributed by atoms with E-state index in [1.165, 1.54) is 16.8 Å². The molecule has 2 aromatic rings. The van der Waals surface area contributed by atoms with Crippen LogP contribution in [0.3, 0.4) is 0 Å². The van der Waals surface area contributed by atoms with Crippen LogP contribution in [0.2, 0.25) is 0 Å². The molecule has 0 radical (unpaired) electrons. The molecule has 0 N–H and O–H groups in total. The molecule has 0 aromatic carbocycles. The molecule has 0 saturated heterocycles. The summed E-state index contributed by atoms with van der Waals surface area (Å²) < 4.78 is 1.94. The number of pyridine rings is 1. The summed E-state index contributed by atoms with van der Waals surface area (Å²) in [6.45, 7) is 2.12. The van der Waals surface area contributed by atoms with Crippen molar-refractivity contribution in [3.05, 3.63) is 23.9 Å². The maximum atomic E-state index is 4.49. The van der Waals surface area contributed by atoms with Gasteiger partial charge in [-0.15, -0.1) is 11.8 Å². The maximum Gasteiger partial charge on any atom is 0.122 e. The number of aromatic nitrogens is 2. The zero-order valence-electron chi connectivity index (χ0n) is 9.48. The minimum absolute atomic E-state index is 1.10. The Morgan fingerprint density at radius 3 is 2.73 bits per heavy atom. The largest absolute Gasteiger partial charge is 0.378 e. The Bertz CT molecular complexity index is 488. The molecule has 4 heteroatoms. The van der Waals surface area contributed by atoms with Crippen LogP contribution in [-0.2, 0) is 0 Å². The van der Waals surface area contributed by atoms with E-state index in [9.17, 15) is 0 Å². The number of nitrogens with zero attached hydrogens (tertiary/aromatic N) is 3. The Morgan fingerprint density at radius 2 is 2.13 bits per heavy atom. The Hall–Kier alpha value is -1.16. The first kappa shape index (κ1) is 10.4. The van der Waals surface area contributed by atoms with Gasteiger partial charge in [-0.25, -0.2) is 4.52 Å². The fourth-order valence-electron chi connectivity index (χ4n) is 1.60. The molecule has 80 valence electrons. The highest BCUT2D eigenvalue weighted by Crippen LogP contribution is 2.24. The molecule has 2 heterocycles. The van der Waals surface area contributed by atoms with Gasteiger partial charge in [0.05, 0.1) is 5.52 Å². The minimum Gasteiger partial charge on any atom is -0.378 e. The maximum absolute atomic E-state index is 4.49. The summed E-state index contributed by atoms with van der Waals surface area (Å²) in [7, 11) is 4.10. The Labute approximate surface area is 94.1 Å². The molecule has 0 unspecified atom stereocenters. The Kier molecular flexibility index (Phi) is 2.61. The molecule has 0 bridgehead atoms. The molecule has 0 atom stereocenters. The molecule has 0 amide bonds. The number of fused-ring (bicyclic) bond motifs is 1. The lowest BCUT2D eigenvalue weighted by Gasteiger charge is -2.12. The van der Waals surface area contributed by atoms with Crippen molar-refractivity contribution in [1.82, 2.24) is 9.61 Å². The van der Waals surface area contributed by atoms with E-state index in [-0.39, 0.29) is 0 Å². The minimum atomic E-state index is 1.10. The second-order valence-corrected chi connectivity index (χ2v) is 4.54. The second-order valence-electron chi connectivity index (χ2n) is 3.74. The molecule has 0 aliphatic rings. The van der Waals surface area contributed by atoms with Gasteiger partial charge in [-0.2, -0.15) is 5.10 Å². The highest BCUT2D eigenvalue weighted by Gasteiger charge is 2.08. The van der Waals surface area contributed by atoms with Crippen molar-refractivity contribution in [2.45, 2.75) is 11.9 Å². The average Bonchev–Trinajstić information content (AvgIpc) is 2.55. The van der Waals surface area contributed by atoms with Gasteiger partial charge in [-0.3, -0.25) is 0 Å². The van der Waals surface area contributed by atoms with Crippen LogP contribution in [-0.4, -0.2) is 30.0 Å². The molecule has 2 rings (SSSR count). The number of anilines is 1. The van der Waals surface area contributed by atoms with Crippen molar-refractivity contribution in [2.75, 3.05) is 25.3 Å². The number of rotatable bonds is 2. The van der Waals surface area contributed by atoms with Crippen LogP contribution in [0.5, 0.6) is 0 Å². The van der Waals surface area contributed by atoms with E-state index in [1.807, 2.05) is 24.8 Å². The standard InChI is InChI=1S/C11H15N3S/c1-8-10-7-9(13(2)3)5-6-14(10)12-11(8)15-4/h5-7H,1-4H3. The van der Waals surface area contributed by atoms with Crippen molar-refractivity contribution in [3.63, 3.8) is 0 Å². The Morgan fingerprint density at radius 1 is 1.40 bits per heavy atom. The lowest BCUT2D eigenvalue weighted by molar-refractivity contribution is 0.897. The van der Waals surface area contributed by atoms with E-state index in [1.54, 1.807) is 11.8 Å². The number of aryl methyl sites for hydroxylation is 1. The second kappa shape index (κ2) is 3.77. The van der Waals surface area contributed by atoms with E-state index in [2.05, 4.69) is 35.3 Å². The molecule has 0 saturated carbocycles. The van der Waals surface area contributed by atoms with E-state index >= 15 is 0 Å².